The molecule has 4 nitrogen and oxygen atoms in total. The van der Waals surface area contributed by atoms with Gasteiger partial charge < -0.3 is 19.3 Å². The minimum Gasteiger partial charge on any atom is -0.488 e. The van der Waals surface area contributed by atoms with E-state index in [2.05, 4.69) is 0 Å². The Morgan fingerprint density at radius 1 is 1.17 bits per heavy atom. The van der Waals surface area contributed by atoms with Crippen molar-refractivity contribution in [1.29, 1.82) is 0 Å². The number of para-hydroxylation sites is 1. The van der Waals surface area contributed by atoms with Crippen LogP contribution in [0.4, 0.5) is 0 Å². The van der Waals surface area contributed by atoms with Gasteiger partial charge in [-0.05, 0) is 18.6 Å². The second-order valence-corrected chi connectivity index (χ2v) is 4.89. The highest BCUT2D eigenvalue weighted by Gasteiger charge is 2.45. The maximum Gasteiger partial charge on any atom is 0.172 e. The maximum atomic E-state index is 10.0. The molecule has 2 atom stereocenters. The van der Waals surface area contributed by atoms with Crippen molar-refractivity contribution in [3.63, 3.8) is 0 Å². The van der Waals surface area contributed by atoms with Gasteiger partial charge in [0.25, 0.3) is 0 Å². The van der Waals surface area contributed by atoms with Gasteiger partial charge in [-0.2, -0.15) is 0 Å². The van der Waals surface area contributed by atoms with Gasteiger partial charge in [0.15, 0.2) is 5.79 Å². The largest absolute Gasteiger partial charge is 0.488 e. The Hall–Kier alpha value is -1.10. The summed E-state index contributed by atoms with van der Waals surface area (Å²) in [4.78, 5) is 0. The van der Waals surface area contributed by atoms with Gasteiger partial charge in [-0.25, -0.2) is 0 Å². The first-order valence-corrected chi connectivity index (χ1v) is 6.45. The molecule has 3 rings (SSSR count). The van der Waals surface area contributed by atoms with Crippen molar-refractivity contribution >= 4 is 0 Å². The van der Waals surface area contributed by atoms with Crippen molar-refractivity contribution in [3.8, 4) is 5.75 Å². The molecule has 4 heteroatoms. The molecule has 1 aliphatic heterocycles. The fourth-order valence-corrected chi connectivity index (χ4v) is 2.65. The molecular formula is C14H18O4. The summed E-state index contributed by atoms with van der Waals surface area (Å²) >= 11 is 0. The molecule has 1 N–H and O–H groups in total. The third-order valence-corrected chi connectivity index (χ3v) is 3.61. The highest BCUT2D eigenvalue weighted by molar-refractivity contribution is 5.21. The number of ether oxygens (including phenoxy) is 3. The molecule has 2 fully saturated rings. The van der Waals surface area contributed by atoms with Gasteiger partial charge in [-0.15, -0.1) is 0 Å². The SMILES string of the molecule is OC1CCC2(CC1Oc1ccccc1)OCCO2. The molecule has 1 aromatic carbocycles. The van der Waals surface area contributed by atoms with Crippen LogP contribution < -0.4 is 4.74 Å². The molecule has 1 aliphatic carbocycles. The van der Waals surface area contributed by atoms with Crippen molar-refractivity contribution in [2.24, 2.45) is 0 Å². The van der Waals surface area contributed by atoms with E-state index < -0.39 is 11.9 Å². The van der Waals surface area contributed by atoms with E-state index in [-0.39, 0.29) is 6.10 Å². The molecule has 1 aromatic rings. The van der Waals surface area contributed by atoms with Gasteiger partial charge in [0, 0.05) is 12.8 Å². The van der Waals surface area contributed by atoms with Gasteiger partial charge in [-0.1, -0.05) is 18.2 Å². The third kappa shape index (κ3) is 2.36. The summed E-state index contributed by atoms with van der Waals surface area (Å²) in [5.74, 6) is 0.246. The van der Waals surface area contributed by atoms with Gasteiger partial charge in [0.1, 0.15) is 11.9 Å². The van der Waals surface area contributed by atoms with E-state index in [4.69, 9.17) is 14.2 Å². The predicted octanol–water partition coefficient (Wildman–Crippen LogP) is 1.72. The second-order valence-electron chi connectivity index (χ2n) is 4.89. The highest BCUT2D eigenvalue weighted by Crippen LogP contribution is 2.37. The van der Waals surface area contributed by atoms with Crippen LogP contribution in [-0.2, 0) is 9.47 Å². The Kier molecular flexibility index (Phi) is 3.24. The second kappa shape index (κ2) is 4.88. The van der Waals surface area contributed by atoms with E-state index >= 15 is 0 Å². The molecule has 1 spiro atoms. The number of aliphatic hydroxyl groups excluding tert-OH is 1. The number of benzene rings is 1. The topological polar surface area (TPSA) is 47.9 Å². The first-order chi connectivity index (χ1) is 8.77. The minimum atomic E-state index is -0.529. The molecule has 98 valence electrons. The summed E-state index contributed by atoms with van der Waals surface area (Å²) < 4.78 is 17.2. The molecular weight excluding hydrogens is 232 g/mol. The van der Waals surface area contributed by atoms with Crippen molar-refractivity contribution in [3.05, 3.63) is 30.3 Å². The lowest BCUT2D eigenvalue weighted by atomic mass is 9.89. The normalized spacial score (nSPS) is 30.5. The maximum absolute atomic E-state index is 10.0. The van der Waals surface area contributed by atoms with Crippen LogP contribution in [0.3, 0.4) is 0 Å². The summed E-state index contributed by atoms with van der Waals surface area (Å²) in [7, 11) is 0. The molecule has 0 amide bonds. The van der Waals surface area contributed by atoms with Crippen LogP contribution in [0.25, 0.3) is 0 Å². The molecule has 0 aromatic heterocycles. The van der Waals surface area contributed by atoms with E-state index in [1.165, 1.54) is 0 Å². The Morgan fingerprint density at radius 2 is 1.89 bits per heavy atom. The van der Waals surface area contributed by atoms with Crippen LogP contribution in [0, 0.1) is 0 Å². The number of hydrogen-bond donors (Lipinski definition) is 1. The van der Waals surface area contributed by atoms with Crippen LogP contribution >= 0.6 is 0 Å². The first-order valence-electron chi connectivity index (χ1n) is 6.45. The zero-order valence-electron chi connectivity index (χ0n) is 10.2. The van der Waals surface area contributed by atoms with Crippen molar-refractivity contribution < 1.29 is 19.3 Å². The zero-order valence-corrected chi connectivity index (χ0v) is 10.2. The van der Waals surface area contributed by atoms with Gasteiger partial charge >= 0.3 is 0 Å². The molecule has 0 bridgehead atoms. The predicted molar refractivity (Wildman–Crippen MR) is 65.4 cm³/mol. The van der Waals surface area contributed by atoms with E-state index in [0.717, 1.165) is 12.2 Å². The summed E-state index contributed by atoms with van der Waals surface area (Å²) in [6, 6.07) is 9.56. The summed E-state index contributed by atoms with van der Waals surface area (Å²) in [5.41, 5.74) is 0. The smallest absolute Gasteiger partial charge is 0.172 e. The van der Waals surface area contributed by atoms with E-state index in [1.54, 1.807) is 0 Å². The Labute approximate surface area is 106 Å². The lowest BCUT2D eigenvalue weighted by Crippen LogP contribution is -2.47. The molecule has 1 heterocycles. The zero-order chi connectivity index (χ0) is 12.4. The number of rotatable bonds is 2. The number of hydrogen-bond acceptors (Lipinski definition) is 4. The molecule has 1 saturated carbocycles. The van der Waals surface area contributed by atoms with Gasteiger partial charge in [-0.3, -0.25) is 0 Å². The fourth-order valence-electron chi connectivity index (χ4n) is 2.65. The highest BCUT2D eigenvalue weighted by atomic mass is 16.7. The summed E-state index contributed by atoms with van der Waals surface area (Å²) in [6.45, 7) is 1.27. The molecule has 18 heavy (non-hydrogen) atoms. The van der Waals surface area contributed by atoms with Crippen LogP contribution in [0.5, 0.6) is 5.75 Å². The molecule has 2 unspecified atom stereocenters. The quantitative estimate of drug-likeness (QED) is 0.868. The van der Waals surface area contributed by atoms with Crippen molar-refractivity contribution in [2.45, 2.75) is 37.3 Å². The van der Waals surface area contributed by atoms with Gasteiger partial charge in [0.2, 0.25) is 0 Å². The Bertz CT molecular complexity index is 386. The Morgan fingerprint density at radius 3 is 2.61 bits per heavy atom. The van der Waals surface area contributed by atoms with Crippen molar-refractivity contribution in [2.75, 3.05) is 13.2 Å². The average molecular weight is 250 g/mol. The number of aliphatic hydroxyl groups is 1. The minimum absolute atomic E-state index is 0.265. The Balaban J connectivity index is 1.70. The monoisotopic (exact) mass is 250 g/mol. The lowest BCUT2D eigenvalue weighted by molar-refractivity contribution is -0.209. The molecule has 0 radical (unpaired) electrons. The third-order valence-electron chi connectivity index (χ3n) is 3.61. The molecule has 1 saturated heterocycles. The van der Waals surface area contributed by atoms with Crippen molar-refractivity contribution in [1.82, 2.24) is 0 Å². The van der Waals surface area contributed by atoms with E-state index in [9.17, 15) is 5.11 Å². The summed E-state index contributed by atoms with van der Waals surface area (Å²) in [6.07, 6.45) is 1.26. The van der Waals surface area contributed by atoms with Crippen LogP contribution in [-0.4, -0.2) is 36.3 Å². The fraction of sp³-hybridized carbons (Fsp3) is 0.571. The first kappa shape index (κ1) is 12.0. The molecule has 2 aliphatic rings. The standard InChI is InChI=1S/C14H18O4/c15-12-6-7-14(16-8-9-17-14)10-13(12)18-11-4-2-1-3-5-11/h1-5,12-13,15H,6-10H2. The van der Waals surface area contributed by atoms with E-state index in [1.807, 2.05) is 30.3 Å². The van der Waals surface area contributed by atoms with Crippen LogP contribution in [0.15, 0.2) is 30.3 Å². The van der Waals surface area contributed by atoms with Crippen LogP contribution in [0.1, 0.15) is 19.3 Å². The summed E-state index contributed by atoms with van der Waals surface area (Å²) in [5, 5.41) is 10.0. The van der Waals surface area contributed by atoms with Gasteiger partial charge in [0.05, 0.1) is 19.3 Å². The average Bonchev–Trinajstić information content (AvgIpc) is 2.84. The lowest BCUT2D eigenvalue weighted by Gasteiger charge is -2.38. The van der Waals surface area contributed by atoms with Crippen LogP contribution in [0.2, 0.25) is 0 Å². The van der Waals surface area contributed by atoms with E-state index in [0.29, 0.717) is 26.1 Å².